The monoisotopic (exact) mass is 413 g/mol. The van der Waals surface area contributed by atoms with E-state index in [0.717, 1.165) is 11.1 Å². The second kappa shape index (κ2) is 9.53. The van der Waals surface area contributed by atoms with E-state index in [4.69, 9.17) is 16.3 Å². The van der Waals surface area contributed by atoms with Crippen molar-refractivity contribution in [2.75, 3.05) is 11.6 Å². The van der Waals surface area contributed by atoms with E-state index in [9.17, 15) is 9.00 Å². The summed E-state index contributed by atoms with van der Waals surface area (Å²) >= 11 is 5.90. The summed E-state index contributed by atoms with van der Waals surface area (Å²) in [5, 5.41) is 3.55. The number of ether oxygens (including phenoxy) is 1. The second-order valence-electron chi connectivity index (χ2n) is 6.28. The van der Waals surface area contributed by atoms with Crippen LogP contribution in [0.2, 0.25) is 5.02 Å². The molecule has 0 saturated carbocycles. The van der Waals surface area contributed by atoms with E-state index >= 15 is 0 Å². The topological polar surface area (TPSA) is 55.4 Å². The molecule has 1 atom stereocenters. The zero-order chi connectivity index (χ0) is 19.9. The van der Waals surface area contributed by atoms with Crippen molar-refractivity contribution in [1.29, 1.82) is 0 Å². The molecule has 6 heteroatoms. The fourth-order valence-electron chi connectivity index (χ4n) is 2.69. The van der Waals surface area contributed by atoms with Crippen LogP contribution in [0.4, 0.5) is 5.69 Å². The molecule has 3 aromatic carbocycles. The lowest BCUT2D eigenvalue weighted by Crippen LogP contribution is -2.14. The van der Waals surface area contributed by atoms with Crippen LogP contribution in [-0.4, -0.2) is 16.4 Å². The van der Waals surface area contributed by atoms with Crippen LogP contribution >= 0.6 is 11.6 Å². The zero-order valence-electron chi connectivity index (χ0n) is 15.4. The number of carbonyl (C=O) groups is 1. The third kappa shape index (κ3) is 5.68. The van der Waals surface area contributed by atoms with Crippen molar-refractivity contribution in [3.05, 3.63) is 94.5 Å². The molecule has 1 unspecified atom stereocenters. The highest BCUT2D eigenvalue weighted by molar-refractivity contribution is 7.83. The summed E-state index contributed by atoms with van der Waals surface area (Å²) < 4.78 is 17.3. The number of benzene rings is 3. The molecule has 0 aliphatic carbocycles. The molecule has 0 radical (unpaired) electrons. The van der Waals surface area contributed by atoms with Crippen LogP contribution in [0.3, 0.4) is 0 Å². The van der Waals surface area contributed by atoms with E-state index in [0.29, 0.717) is 34.4 Å². The Morgan fingerprint density at radius 3 is 2.50 bits per heavy atom. The van der Waals surface area contributed by atoms with Crippen LogP contribution in [-0.2, 0) is 23.2 Å². The number of rotatable bonds is 7. The number of hydrogen-bond donors (Lipinski definition) is 1. The molecule has 1 amide bonds. The van der Waals surface area contributed by atoms with E-state index in [2.05, 4.69) is 5.32 Å². The fraction of sp³-hybridized carbons (Fsp3) is 0.136. The van der Waals surface area contributed by atoms with Crippen molar-refractivity contribution in [2.45, 2.75) is 12.4 Å². The van der Waals surface area contributed by atoms with Gasteiger partial charge in [0, 0.05) is 33.5 Å². The van der Waals surface area contributed by atoms with Gasteiger partial charge in [0.25, 0.3) is 5.91 Å². The van der Waals surface area contributed by atoms with Crippen LogP contribution in [0.15, 0.2) is 72.8 Å². The maximum atomic E-state index is 12.8. The van der Waals surface area contributed by atoms with Gasteiger partial charge in [0.05, 0.1) is 5.56 Å². The Hall–Kier alpha value is -2.63. The quantitative estimate of drug-likeness (QED) is 0.589. The van der Waals surface area contributed by atoms with Gasteiger partial charge >= 0.3 is 0 Å². The van der Waals surface area contributed by atoms with E-state index in [1.807, 2.05) is 36.4 Å². The van der Waals surface area contributed by atoms with Gasteiger partial charge in [0.1, 0.15) is 12.4 Å². The minimum Gasteiger partial charge on any atom is -0.488 e. The molecule has 144 valence electrons. The van der Waals surface area contributed by atoms with Gasteiger partial charge in [-0.15, -0.1) is 0 Å². The highest BCUT2D eigenvalue weighted by Gasteiger charge is 2.13. The lowest BCUT2D eigenvalue weighted by atomic mass is 10.1. The highest BCUT2D eigenvalue weighted by Crippen LogP contribution is 2.22. The Morgan fingerprint density at radius 2 is 1.75 bits per heavy atom. The first-order valence-corrected chi connectivity index (χ1v) is 10.8. The van der Waals surface area contributed by atoms with Crippen molar-refractivity contribution >= 4 is 34.0 Å². The summed E-state index contributed by atoms with van der Waals surface area (Å²) in [5.74, 6) is 0.687. The number of carbonyl (C=O) groups excluding carboxylic acids is 1. The molecular weight excluding hydrogens is 394 g/mol. The molecule has 0 saturated heterocycles. The SMILES string of the molecule is CS(=O)Cc1cccc(NC(=O)c2ccccc2OCc2ccc(Cl)cc2)c1. The van der Waals surface area contributed by atoms with E-state index in [1.165, 1.54) is 0 Å². The molecule has 0 fully saturated rings. The summed E-state index contributed by atoms with van der Waals surface area (Å²) in [6, 6.07) is 21.8. The van der Waals surface area contributed by atoms with Crippen molar-refractivity contribution < 1.29 is 13.7 Å². The van der Waals surface area contributed by atoms with Gasteiger partial charge in [-0.25, -0.2) is 0 Å². The maximum Gasteiger partial charge on any atom is 0.259 e. The van der Waals surface area contributed by atoms with Crippen LogP contribution in [0.1, 0.15) is 21.5 Å². The number of amides is 1. The van der Waals surface area contributed by atoms with Gasteiger partial charge in [-0.2, -0.15) is 0 Å². The molecule has 0 aliphatic heterocycles. The first-order chi connectivity index (χ1) is 13.5. The number of halogens is 1. The van der Waals surface area contributed by atoms with Gasteiger partial charge in [0.15, 0.2) is 0 Å². The van der Waals surface area contributed by atoms with Crippen molar-refractivity contribution in [2.24, 2.45) is 0 Å². The van der Waals surface area contributed by atoms with Crippen LogP contribution in [0.5, 0.6) is 5.75 Å². The second-order valence-corrected chi connectivity index (χ2v) is 8.15. The van der Waals surface area contributed by atoms with E-state index in [1.54, 1.807) is 42.7 Å². The Labute approximate surface area is 172 Å². The average Bonchev–Trinajstić information content (AvgIpc) is 2.67. The van der Waals surface area contributed by atoms with Crippen LogP contribution in [0.25, 0.3) is 0 Å². The van der Waals surface area contributed by atoms with Gasteiger partial charge < -0.3 is 10.1 Å². The average molecular weight is 414 g/mol. The number of hydrogen-bond acceptors (Lipinski definition) is 3. The first kappa shape index (κ1) is 20.1. The Kier molecular flexibility index (Phi) is 6.85. The predicted molar refractivity (Wildman–Crippen MR) is 114 cm³/mol. The molecule has 0 bridgehead atoms. The first-order valence-electron chi connectivity index (χ1n) is 8.68. The summed E-state index contributed by atoms with van der Waals surface area (Å²) in [6.07, 6.45) is 1.65. The predicted octanol–water partition coefficient (Wildman–Crippen LogP) is 5.05. The Bertz CT molecular complexity index is 989. The van der Waals surface area contributed by atoms with Gasteiger partial charge in [0.2, 0.25) is 0 Å². The Balaban J connectivity index is 1.72. The third-order valence-electron chi connectivity index (χ3n) is 3.99. The van der Waals surface area contributed by atoms with Gasteiger partial charge in [-0.1, -0.05) is 48.0 Å². The Morgan fingerprint density at radius 1 is 1.00 bits per heavy atom. The van der Waals surface area contributed by atoms with Crippen molar-refractivity contribution in [1.82, 2.24) is 0 Å². The molecule has 0 aliphatic rings. The van der Waals surface area contributed by atoms with E-state index < -0.39 is 10.8 Å². The molecule has 4 nitrogen and oxygen atoms in total. The summed E-state index contributed by atoms with van der Waals surface area (Å²) in [4.78, 5) is 12.8. The lowest BCUT2D eigenvalue weighted by molar-refractivity contribution is 0.102. The molecule has 28 heavy (non-hydrogen) atoms. The largest absolute Gasteiger partial charge is 0.488 e. The summed E-state index contributed by atoms with van der Waals surface area (Å²) in [5.41, 5.74) is 2.96. The summed E-state index contributed by atoms with van der Waals surface area (Å²) in [6.45, 7) is 0.333. The third-order valence-corrected chi connectivity index (χ3v) is 4.99. The molecule has 0 aromatic heterocycles. The maximum absolute atomic E-state index is 12.8. The minimum atomic E-state index is -0.941. The number of nitrogens with one attached hydrogen (secondary N) is 1. The fourth-order valence-corrected chi connectivity index (χ4v) is 3.47. The zero-order valence-corrected chi connectivity index (χ0v) is 16.9. The molecule has 3 rings (SSSR count). The molecule has 0 spiro atoms. The van der Waals surface area contributed by atoms with Gasteiger partial charge in [-0.05, 0) is 47.5 Å². The normalized spacial score (nSPS) is 11.6. The van der Waals surface area contributed by atoms with E-state index in [-0.39, 0.29) is 5.91 Å². The lowest BCUT2D eigenvalue weighted by Gasteiger charge is -2.12. The standard InChI is InChI=1S/C22H20ClNO3S/c1-28(26)15-17-5-4-6-19(13-17)24-22(25)20-7-2-3-8-21(20)27-14-16-9-11-18(23)12-10-16/h2-13H,14-15H2,1H3,(H,24,25). The van der Waals surface area contributed by atoms with Crippen molar-refractivity contribution in [3.63, 3.8) is 0 Å². The molecule has 3 aromatic rings. The van der Waals surface area contributed by atoms with Crippen LogP contribution in [0, 0.1) is 0 Å². The van der Waals surface area contributed by atoms with Gasteiger partial charge in [-0.3, -0.25) is 9.00 Å². The molecular formula is C22H20ClNO3S. The summed E-state index contributed by atoms with van der Waals surface area (Å²) in [7, 11) is -0.941. The van der Waals surface area contributed by atoms with Crippen LogP contribution < -0.4 is 10.1 Å². The minimum absolute atomic E-state index is 0.263. The molecule has 0 heterocycles. The number of para-hydroxylation sites is 1. The van der Waals surface area contributed by atoms with Crippen molar-refractivity contribution in [3.8, 4) is 5.75 Å². The smallest absolute Gasteiger partial charge is 0.259 e. The molecule has 1 N–H and O–H groups in total. The number of anilines is 1. The highest BCUT2D eigenvalue weighted by atomic mass is 35.5.